The molecule has 1 atom stereocenters. The Labute approximate surface area is 174 Å². The summed E-state index contributed by atoms with van der Waals surface area (Å²) in [5, 5.41) is 14.3. The van der Waals surface area contributed by atoms with Crippen molar-refractivity contribution in [3.05, 3.63) is 69.4 Å². The van der Waals surface area contributed by atoms with E-state index < -0.39 is 22.7 Å². The van der Waals surface area contributed by atoms with Crippen LogP contribution in [0.5, 0.6) is 11.5 Å². The minimum atomic E-state index is -0.912. The van der Waals surface area contributed by atoms with Crippen LogP contribution in [0.3, 0.4) is 0 Å². The van der Waals surface area contributed by atoms with E-state index in [4.69, 9.17) is 14.2 Å². The quantitative estimate of drug-likeness (QED) is 0.536. The first-order valence-electron chi connectivity index (χ1n) is 9.56. The van der Waals surface area contributed by atoms with Gasteiger partial charge in [0, 0.05) is 22.9 Å². The van der Waals surface area contributed by atoms with E-state index in [9.17, 15) is 14.9 Å². The highest BCUT2D eigenvalue weighted by atomic mass is 16.6. The van der Waals surface area contributed by atoms with E-state index in [0.717, 1.165) is 0 Å². The second-order valence-corrected chi connectivity index (χ2v) is 7.68. The highest BCUT2D eigenvalue weighted by Crippen LogP contribution is 2.43. The van der Waals surface area contributed by atoms with Crippen LogP contribution in [-0.4, -0.2) is 23.2 Å². The van der Waals surface area contributed by atoms with E-state index in [0.29, 0.717) is 34.9 Å². The van der Waals surface area contributed by atoms with Crippen LogP contribution in [0.2, 0.25) is 0 Å². The van der Waals surface area contributed by atoms with E-state index in [-0.39, 0.29) is 5.70 Å². The first-order valence-corrected chi connectivity index (χ1v) is 9.56. The summed E-state index contributed by atoms with van der Waals surface area (Å²) in [6, 6.07) is 11.9. The fourth-order valence-electron chi connectivity index (χ4n) is 3.00. The SMILES string of the molecule is CCOc1cccc2c1OC(c1ccc(NC(=O)OC(C)(C)C)cc1)C([N+](=O)[O-])=C2. The molecule has 1 heterocycles. The van der Waals surface area contributed by atoms with Crippen molar-refractivity contribution in [1.29, 1.82) is 0 Å². The molecule has 8 heteroatoms. The maximum absolute atomic E-state index is 11.9. The summed E-state index contributed by atoms with van der Waals surface area (Å²) >= 11 is 0. The highest BCUT2D eigenvalue weighted by Gasteiger charge is 2.34. The van der Waals surface area contributed by atoms with E-state index in [2.05, 4.69) is 5.32 Å². The zero-order valence-electron chi connectivity index (χ0n) is 17.3. The van der Waals surface area contributed by atoms with Gasteiger partial charge in [-0.2, -0.15) is 0 Å². The minimum absolute atomic E-state index is 0.0796. The standard InChI is InChI=1S/C22H24N2O6/c1-5-28-18-8-6-7-15-13-17(24(26)27)19(29-20(15)18)14-9-11-16(12-10-14)23-21(25)30-22(2,3)4/h6-13,19H,5H2,1-4H3,(H,23,25). The molecule has 30 heavy (non-hydrogen) atoms. The van der Waals surface area contributed by atoms with Gasteiger partial charge in [0.25, 0.3) is 5.70 Å². The van der Waals surface area contributed by atoms with Gasteiger partial charge < -0.3 is 14.2 Å². The Morgan fingerprint density at radius 3 is 2.50 bits per heavy atom. The van der Waals surface area contributed by atoms with Gasteiger partial charge in [-0.25, -0.2) is 4.79 Å². The van der Waals surface area contributed by atoms with Gasteiger partial charge >= 0.3 is 6.09 Å². The molecular weight excluding hydrogens is 388 g/mol. The molecule has 0 saturated heterocycles. The van der Waals surface area contributed by atoms with Gasteiger partial charge in [0.05, 0.1) is 11.5 Å². The number of para-hydroxylation sites is 1. The van der Waals surface area contributed by atoms with Crippen molar-refractivity contribution >= 4 is 17.9 Å². The number of hydrogen-bond donors (Lipinski definition) is 1. The molecule has 1 aliphatic heterocycles. The number of nitrogens with zero attached hydrogens (tertiary/aromatic N) is 1. The average molecular weight is 412 g/mol. The molecule has 1 aliphatic rings. The van der Waals surface area contributed by atoms with E-state index in [1.54, 1.807) is 63.2 Å². The van der Waals surface area contributed by atoms with Crippen molar-refractivity contribution in [3.63, 3.8) is 0 Å². The maximum atomic E-state index is 11.9. The summed E-state index contributed by atoms with van der Waals surface area (Å²) in [6.45, 7) is 7.62. The zero-order valence-corrected chi connectivity index (χ0v) is 17.3. The fourth-order valence-corrected chi connectivity index (χ4v) is 3.00. The molecule has 1 N–H and O–H groups in total. The highest BCUT2D eigenvalue weighted by molar-refractivity contribution is 5.84. The van der Waals surface area contributed by atoms with E-state index in [1.807, 2.05) is 6.92 Å². The lowest BCUT2D eigenvalue weighted by Crippen LogP contribution is -2.27. The molecule has 1 unspecified atom stereocenters. The molecular formula is C22H24N2O6. The van der Waals surface area contributed by atoms with Crippen molar-refractivity contribution in [1.82, 2.24) is 0 Å². The average Bonchev–Trinajstić information content (AvgIpc) is 2.66. The lowest BCUT2D eigenvalue weighted by Gasteiger charge is -2.24. The Hall–Kier alpha value is -3.55. The second-order valence-electron chi connectivity index (χ2n) is 7.68. The number of anilines is 1. The van der Waals surface area contributed by atoms with Crippen molar-refractivity contribution in [3.8, 4) is 11.5 Å². The van der Waals surface area contributed by atoms with Crippen LogP contribution < -0.4 is 14.8 Å². The van der Waals surface area contributed by atoms with Crippen molar-refractivity contribution in [2.45, 2.75) is 39.4 Å². The zero-order chi connectivity index (χ0) is 21.9. The van der Waals surface area contributed by atoms with Crippen molar-refractivity contribution in [2.24, 2.45) is 0 Å². The number of rotatable bonds is 5. The number of carbonyl (C=O) groups excluding carboxylic acids is 1. The first-order chi connectivity index (χ1) is 14.2. The Morgan fingerprint density at radius 1 is 1.20 bits per heavy atom. The molecule has 0 aliphatic carbocycles. The van der Waals surface area contributed by atoms with Gasteiger partial charge in [-0.3, -0.25) is 15.4 Å². The Morgan fingerprint density at radius 2 is 1.90 bits per heavy atom. The third kappa shape index (κ3) is 4.89. The minimum Gasteiger partial charge on any atom is -0.490 e. The fraction of sp³-hybridized carbons (Fsp3) is 0.318. The number of nitro groups is 1. The van der Waals surface area contributed by atoms with Gasteiger partial charge in [0.15, 0.2) is 11.5 Å². The predicted molar refractivity (Wildman–Crippen MR) is 112 cm³/mol. The number of fused-ring (bicyclic) bond motifs is 1. The molecule has 0 radical (unpaired) electrons. The van der Waals surface area contributed by atoms with Gasteiger partial charge in [-0.1, -0.05) is 24.3 Å². The van der Waals surface area contributed by atoms with Crippen LogP contribution in [0.25, 0.3) is 6.08 Å². The lowest BCUT2D eigenvalue weighted by atomic mass is 10.0. The number of nitrogens with one attached hydrogen (secondary N) is 1. The maximum Gasteiger partial charge on any atom is 0.412 e. The molecule has 0 bridgehead atoms. The second kappa shape index (κ2) is 8.44. The topological polar surface area (TPSA) is 99.9 Å². The van der Waals surface area contributed by atoms with Crippen molar-refractivity contribution < 1.29 is 23.9 Å². The summed E-state index contributed by atoms with van der Waals surface area (Å²) < 4.78 is 16.8. The van der Waals surface area contributed by atoms with Gasteiger partial charge in [-0.05, 0) is 45.9 Å². The molecule has 0 aromatic heterocycles. The molecule has 8 nitrogen and oxygen atoms in total. The predicted octanol–water partition coefficient (Wildman–Crippen LogP) is 5.18. The van der Waals surface area contributed by atoms with Crippen LogP contribution in [-0.2, 0) is 4.74 Å². The number of hydrogen-bond acceptors (Lipinski definition) is 6. The normalized spacial score (nSPS) is 15.3. The molecule has 2 aromatic carbocycles. The lowest BCUT2D eigenvalue weighted by molar-refractivity contribution is -0.434. The molecule has 0 saturated carbocycles. The summed E-state index contributed by atoms with van der Waals surface area (Å²) in [6.07, 6.45) is 0.00815. The van der Waals surface area contributed by atoms with Crippen LogP contribution in [0, 0.1) is 10.1 Å². The summed E-state index contributed by atoms with van der Waals surface area (Å²) in [5.41, 5.74) is 0.975. The largest absolute Gasteiger partial charge is 0.490 e. The van der Waals surface area contributed by atoms with Crippen LogP contribution in [0.1, 0.15) is 44.9 Å². The number of ether oxygens (including phenoxy) is 3. The molecule has 0 fully saturated rings. The molecule has 158 valence electrons. The van der Waals surface area contributed by atoms with Crippen LogP contribution >= 0.6 is 0 Å². The third-order valence-electron chi connectivity index (χ3n) is 4.19. The summed E-state index contributed by atoms with van der Waals surface area (Å²) in [5.74, 6) is 0.993. The van der Waals surface area contributed by atoms with E-state index in [1.165, 1.54) is 6.08 Å². The third-order valence-corrected chi connectivity index (χ3v) is 4.19. The first kappa shape index (κ1) is 21.2. The van der Waals surface area contributed by atoms with Gasteiger partial charge in [0.1, 0.15) is 5.60 Å². The summed E-state index contributed by atoms with van der Waals surface area (Å²) in [4.78, 5) is 23.1. The number of amides is 1. The molecule has 0 spiro atoms. The summed E-state index contributed by atoms with van der Waals surface area (Å²) in [7, 11) is 0. The van der Waals surface area contributed by atoms with E-state index >= 15 is 0 Å². The van der Waals surface area contributed by atoms with Gasteiger partial charge in [0.2, 0.25) is 6.10 Å². The molecule has 1 amide bonds. The Bertz CT molecular complexity index is 976. The Kier molecular flexibility index (Phi) is 5.96. The monoisotopic (exact) mass is 412 g/mol. The number of carbonyl (C=O) groups is 1. The molecule has 3 rings (SSSR count). The van der Waals surface area contributed by atoms with Crippen LogP contribution in [0.4, 0.5) is 10.5 Å². The van der Waals surface area contributed by atoms with Gasteiger partial charge in [-0.15, -0.1) is 0 Å². The smallest absolute Gasteiger partial charge is 0.412 e. The van der Waals surface area contributed by atoms with Crippen molar-refractivity contribution in [2.75, 3.05) is 11.9 Å². The number of benzene rings is 2. The Balaban J connectivity index is 1.86. The van der Waals surface area contributed by atoms with Crippen LogP contribution in [0.15, 0.2) is 48.2 Å². The molecule has 2 aromatic rings.